The molecule has 136 valence electrons. The smallest absolute Gasteiger partial charge is 0.296 e. The molecular formula is C20H14ClNO4S. The van der Waals surface area contributed by atoms with Gasteiger partial charge in [0.2, 0.25) is 0 Å². The molecule has 5 nitrogen and oxygen atoms in total. The Morgan fingerprint density at radius 2 is 2.04 bits per heavy atom. The van der Waals surface area contributed by atoms with E-state index in [1.165, 1.54) is 22.5 Å². The van der Waals surface area contributed by atoms with Gasteiger partial charge in [-0.1, -0.05) is 29.8 Å². The number of carbonyl (C=O) groups is 2. The molecule has 0 bridgehead atoms. The van der Waals surface area contributed by atoms with Gasteiger partial charge in [0.15, 0.2) is 0 Å². The van der Waals surface area contributed by atoms with Crippen LogP contribution in [0.3, 0.4) is 0 Å². The number of hydrogen-bond acceptors (Lipinski definition) is 5. The molecule has 0 radical (unpaired) electrons. The molecule has 2 aromatic heterocycles. The number of rotatable bonds is 4. The molecule has 0 spiro atoms. The van der Waals surface area contributed by atoms with Crippen LogP contribution in [0.15, 0.2) is 70.2 Å². The second-order valence-electron chi connectivity index (χ2n) is 6.03. The number of carbonyl (C=O) groups excluding carboxylic acids is 2. The fraction of sp³-hybridized carbons (Fsp3) is 0.100. The summed E-state index contributed by atoms with van der Waals surface area (Å²) in [6.07, 6.45) is 1.47. The van der Waals surface area contributed by atoms with Crippen molar-refractivity contribution in [1.29, 1.82) is 0 Å². The van der Waals surface area contributed by atoms with Gasteiger partial charge in [0.1, 0.15) is 17.6 Å². The summed E-state index contributed by atoms with van der Waals surface area (Å²) >= 11 is 7.50. The highest BCUT2D eigenvalue weighted by atomic mass is 35.5. The third-order valence-electron chi connectivity index (χ3n) is 4.36. The van der Waals surface area contributed by atoms with E-state index in [9.17, 15) is 14.7 Å². The topological polar surface area (TPSA) is 70.8 Å². The molecule has 0 aliphatic carbocycles. The van der Waals surface area contributed by atoms with E-state index < -0.39 is 17.7 Å². The fourth-order valence-corrected chi connectivity index (χ4v) is 4.04. The minimum atomic E-state index is -0.805. The number of aliphatic hydroxyl groups is 1. The van der Waals surface area contributed by atoms with Crippen LogP contribution in [0, 0.1) is 0 Å². The Morgan fingerprint density at radius 1 is 1.19 bits per heavy atom. The van der Waals surface area contributed by atoms with Gasteiger partial charge in [-0.05, 0) is 35.7 Å². The fourth-order valence-electron chi connectivity index (χ4n) is 3.15. The normalized spacial score (nSPS) is 19.0. The lowest BCUT2D eigenvalue weighted by Crippen LogP contribution is -2.28. The van der Waals surface area contributed by atoms with Crippen LogP contribution in [-0.2, 0) is 16.1 Å². The second kappa shape index (κ2) is 7.06. The predicted molar refractivity (Wildman–Crippen MR) is 102 cm³/mol. The van der Waals surface area contributed by atoms with Gasteiger partial charge in [-0.2, -0.15) is 0 Å². The molecule has 0 saturated carbocycles. The molecular weight excluding hydrogens is 386 g/mol. The van der Waals surface area contributed by atoms with Crippen molar-refractivity contribution >= 4 is 40.4 Å². The highest BCUT2D eigenvalue weighted by Gasteiger charge is 2.47. The molecule has 1 fully saturated rings. The lowest BCUT2D eigenvalue weighted by molar-refractivity contribution is -0.140. The molecule has 3 aromatic rings. The van der Waals surface area contributed by atoms with E-state index in [0.717, 1.165) is 4.88 Å². The Labute approximate surface area is 164 Å². The van der Waals surface area contributed by atoms with Crippen molar-refractivity contribution < 1.29 is 19.1 Å². The van der Waals surface area contributed by atoms with Gasteiger partial charge in [0.25, 0.3) is 11.7 Å². The molecule has 1 saturated heterocycles. The summed E-state index contributed by atoms with van der Waals surface area (Å²) in [5.74, 6) is -1.28. The van der Waals surface area contributed by atoms with Crippen LogP contribution in [0.1, 0.15) is 22.2 Å². The molecule has 1 aliphatic rings. The zero-order valence-electron chi connectivity index (χ0n) is 14.0. The van der Waals surface area contributed by atoms with Crippen molar-refractivity contribution in [3.63, 3.8) is 0 Å². The first kappa shape index (κ1) is 17.6. The van der Waals surface area contributed by atoms with E-state index in [0.29, 0.717) is 16.3 Å². The maximum absolute atomic E-state index is 12.8. The predicted octanol–water partition coefficient (Wildman–Crippen LogP) is 4.62. The number of nitrogens with zero attached hydrogens (tertiary/aromatic N) is 1. The molecule has 7 heteroatoms. The van der Waals surface area contributed by atoms with Gasteiger partial charge >= 0.3 is 0 Å². The van der Waals surface area contributed by atoms with Crippen LogP contribution in [0.5, 0.6) is 0 Å². The van der Waals surface area contributed by atoms with Crippen molar-refractivity contribution in [2.24, 2.45) is 0 Å². The zero-order valence-corrected chi connectivity index (χ0v) is 15.5. The van der Waals surface area contributed by atoms with E-state index in [1.54, 1.807) is 36.4 Å². The van der Waals surface area contributed by atoms with Gasteiger partial charge < -0.3 is 14.4 Å². The van der Waals surface area contributed by atoms with Crippen molar-refractivity contribution in [2.75, 3.05) is 0 Å². The number of Topliss-reactive ketones (excluding diaryl/α,β-unsaturated/α-hetero) is 1. The summed E-state index contributed by atoms with van der Waals surface area (Å²) in [4.78, 5) is 27.8. The van der Waals surface area contributed by atoms with Crippen molar-refractivity contribution in [3.05, 3.63) is 87.0 Å². The first-order valence-electron chi connectivity index (χ1n) is 8.16. The molecule has 1 unspecified atom stereocenters. The number of hydrogen-bond donors (Lipinski definition) is 1. The van der Waals surface area contributed by atoms with Gasteiger partial charge in [0.05, 0.1) is 18.4 Å². The summed E-state index contributed by atoms with van der Waals surface area (Å²) in [7, 11) is 0. The molecule has 27 heavy (non-hydrogen) atoms. The monoisotopic (exact) mass is 399 g/mol. The molecule has 1 aliphatic heterocycles. The first-order chi connectivity index (χ1) is 13.1. The summed E-state index contributed by atoms with van der Waals surface area (Å²) in [6, 6.07) is 12.8. The Hall–Kier alpha value is -2.83. The molecule has 1 N–H and O–H groups in total. The number of aliphatic hydroxyl groups excluding tert-OH is 1. The van der Waals surface area contributed by atoms with Crippen molar-refractivity contribution in [2.45, 2.75) is 12.6 Å². The van der Waals surface area contributed by atoms with E-state index in [4.69, 9.17) is 16.0 Å². The summed E-state index contributed by atoms with van der Waals surface area (Å²) in [5, 5.41) is 13.1. The minimum absolute atomic E-state index is 0.00577. The van der Waals surface area contributed by atoms with E-state index in [2.05, 4.69) is 0 Å². The number of amides is 1. The summed E-state index contributed by atoms with van der Waals surface area (Å²) in [5.41, 5.74) is 0.363. The van der Waals surface area contributed by atoms with Gasteiger partial charge in [-0.3, -0.25) is 9.59 Å². The Kier molecular flexibility index (Phi) is 4.59. The van der Waals surface area contributed by atoms with Crippen molar-refractivity contribution in [3.8, 4) is 0 Å². The average molecular weight is 400 g/mol. The van der Waals surface area contributed by atoms with E-state index in [-0.39, 0.29) is 17.9 Å². The first-order valence-corrected chi connectivity index (χ1v) is 9.42. The quantitative estimate of drug-likeness (QED) is 0.395. The highest BCUT2D eigenvalue weighted by Crippen LogP contribution is 2.40. The van der Waals surface area contributed by atoms with Gasteiger partial charge in [-0.25, -0.2) is 0 Å². The molecule has 1 amide bonds. The standard InChI is InChI=1S/C20H14ClNO4S/c21-13-5-1-4-12(10-13)18(23)16-17(15-7-2-8-26-15)22(20(25)19(16)24)11-14-6-3-9-27-14/h1-10,17,23H,11H2/b18-16-. The molecule has 1 atom stereocenters. The Bertz CT molecular complexity index is 1020. The molecule has 1 aromatic carbocycles. The van der Waals surface area contributed by atoms with Crippen LogP contribution < -0.4 is 0 Å². The van der Waals surface area contributed by atoms with Crippen molar-refractivity contribution in [1.82, 2.24) is 4.90 Å². The van der Waals surface area contributed by atoms with Crippen LogP contribution >= 0.6 is 22.9 Å². The summed E-state index contributed by atoms with van der Waals surface area (Å²) in [6.45, 7) is 0.250. The van der Waals surface area contributed by atoms with Crippen LogP contribution in [0.4, 0.5) is 0 Å². The third kappa shape index (κ3) is 3.18. The lowest BCUT2D eigenvalue weighted by Gasteiger charge is -2.22. The minimum Gasteiger partial charge on any atom is -0.507 e. The van der Waals surface area contributed by atoms with Crippen LogP contribution in [0.25, 0.3) is 5.76 Å². The SMILES string of the molecule is O=C1C(=O)N(Cc2cccs2)C(c2ccco2)/C1=C(/O)c1cccc(Cl)c1. The Morgan fingerprint density at radius 3 is 2.70 bits per heavy atom. The average Bonchev–Trinajstić information content (AvgIpc) is 3.40. The summed E-state index contributed by atoms with van der Waals surface area (Å²) < 4.78 is 5.49. The number of halogens is 1. The molecule has 3 heterocycles. The third-order valence-corrected chi connectivity index (χ3v) is 5.45. The second-order valence-corrected chi connectivity index (χ2v) is 7.50. The van der Waals surface area contributed by atoms with Gasteiger partial charge in [-0.15, -0.1) is 11.3 Å². The van der Waals surface area contributed by atoms with Crippen LogP contribution in [0.2, 0.25) is 5.02 Å². The number of thiophene rings is 1. The van der Waals surface area contributed by atoms with E-state index >= 15 is 0 Å². The lowest BCUT2D eigenvalue weighted by atomic mass is 9.99. The van der Waals surface area contributed by atoms with Crippen LogP contribution in [-0.4, -0.2) is 21.7 Å². The number of furan rings is 1. The Balaban J connectivity index is 1.85. The number of ketones is 1. The largest absolute Gasteiger partial charge is 0.507 e. The molecule has 4 rings (SSSR count). The number of likely N-dealkylation sites (tertiary alicyclic amines) is 1. The maximum Gasteiger partial charge on any atom is 0.296 e. The van der Waals surface area contributed by atoms with Gasteiger partial charge in [0, 0.05) is 15.5 Å². The maximum atomic E-state index is 12.8. The highest BCUT2D eigenvalue weighted by molar-refractivity contribution is 7.09. The van der Waals surface area contributed by atoms with E-state index in [1.807, 2.05) is 17.5 Å². The number of benzene rings is 1. The zero-order chi connectivity index (χ0) is 19.0.